The van der Waals surface area contributed by atoms with Crippen molar-refractivity contribution in [1.82, 2.24) is 0 Å². The summed E-state index contributed by atoms with van der Waals surface area (Å²) in [6.45, 7) is 0.670. The lowest BCUT2D eigenvalue weighted by Crippen LogP contribution is -1.96. The van der Waals surface area contributed by atoms with Crippen LogP contribution in [-0.2, 0) is 0 Å². The maximum atomic E-state index is 9.40. The molecule has 0 aliphatic carbocycles. The van der Waals surface area contributed by atoms with Gasteiger partial charge in [0.2, 0.25) is 0 Å². The molecular weight excluding hydrogens is 104 g/mol. The van der Waals surface area contributed by atoms with Crippen LogP contribution in [0.15, 0.2) is 17.5 Å². The molecule has 0 atom stereocenters. The van der Waals surface area contributed by atoms with Crippen molar-refractivity contribution in [2.24, 2.45) is 10.9 Å². The van der Waals surface area contributed by atoms with E-state index >= 15 is 0 Å². The number of nitrogens with zero attached hydrogens (tertiary/aromatic N) is 1. The van der Waals surface area contributed by atoms with Crippen LogP contribution in [0.4, 0.5) is 0 Å². The van der Waals surface area contributed by atoms with Crippen LogP contribution in [0.25, 0.3) is 0 Å². The summed E-state index contributed by atoms with van der Waals surface area (Å²) < 4.78 is 0. The van der Waals surface area contributed by atoms with E-state index in [0.717, 1.165) is 12.8 Å². The third kappa shape index (κ3) is 5.30. The summed E-state index contributed by atoms with van der Waals surface area (Å²) in [7, 11) is 0. The van der Waals surface area contributed by atoms with Gasteiger partial charge in [0, 0.05) is 0 Å². The van der Waals surface area contributed by atoms with Crippen molar-refractivity contribution >= 4 is 0 Å². The fraction of sp³-hybridized carbons (Fsp3) is 0.600. The molecule has 3 heteroatoms. The number of hydrogen-bond donors (Lipinski definition) is 1. The molecule has 0 aromatic heterocycles. The van der Waals surface area contributed by atoms with Gasteiger partial charge in [0.1, 0.15) is 0 Å². The van der Waals surface area contributed by atoms with E-state index in [1.807, 2.05) is 0 Å². The summed E-state index contributed by atoms with van der Waals surface area (Å²) in [6, 6.07) is 0. The summed E-state index contributed by atoms with van der Waals surface area (Å²) in [4.78, 5) is 9.40. The second-order valence-electron chi connectivity index (χ2n) is 1.42. The lowest BCUT2D eigenvalue weighted by molar-refractivity contribution is 0.853. The third-order valence-corrected chi connectivity index (χ3v) is 0.741. The highest BCUT2D eigenvalue weighted by Crippen LogP contribution is 1.86. The van der Waals surface area contributed by atoms with Crippen molar-refractivity contribution in [3.05, 3.63) is 17.2 Å². The molecule has 2 N–H and O–H groups in total. The molecule has 0 amide bonds. The van der Waals surface area contributed by atoms with E-state index in [9.17, 15) is 4.91 Å². The molecule has 3 nitrogen and oxygen atoms in total. The highest BCUT2D eigenvalue weighted by molar-refractivity contribution is 4.78. The van der Waals surface area contributed by atoms with E-state index in [1.54, 1.807) is 6.08 Å². The summed E-state index contributed by atoms with van der Waals surface area (Å²) in [5.41, 5.74) is 5.17. The smallest absolute Gasteiger partial charge is 0.0675 e. The fourth-order valence-electron chi connectivity index (χ4n) is 0.353. The predicted octanol–water partition coefficient (Wildman–Crippen LogP) is 1.01. The standard InChI is InChI=1S/C5H10N2O/c6-4-2-1-3-5-7-8/h3,5H,1-2,4,6H2/b5-3+. The SMILES string of the molecule is NCCC/C=C/N=O. The van der Waals surface area contributed by atoms with Gasteiger partial charge in [-0.3, -0.25) is 0 Å². The molecular formula is C5H10N2O. The van der Waals surface area contributed by atoms with Gasteiger partial charge in [-0.05, 0) is 24.6 Å². The molecule has 0 saturated heterocycles. The first-order chi connectivity index (χ1) is 3.91. The zero-order valence-corrected chi connectivity index (χ0v) is 4.71. The van der Waals surface area contributed by atoms with E-state index in [2.05, 4.69) is 5.18 Å². The van der Waals surface area contributed by atoms with Gasteiger partial charge in [0.15, 0.2) is 0 Å². The fourth-order valence-corrected chi connectivity index (χ4v) is 0.353. The van der Waals surface area contributed by atoms with Crippen LogP contribution in [0, 0.1) is 4.91 Å². The zero-order chi connectivity index (χ0) is 6.24. The molecule has 0 rings (SSSR count). The molecule has 0 aromatic carbocycles. The predicted molar refractivity (Wildman–Crippen MR) is 33.2 cm³/mol. The Hall–Kier alpha value is -0.700. The normalized spacial score (nSPS) is 10.1. The van der Waals surface area contributed by atoms with Gasteiger partial charge >= 0.3 is 0 Å². The van der Waals surface area contributed by atoms with Crippen molar-refractivity contribution in [3.8, 4) is 0 Å². The molecule has 0 heterocycles. The molecule has 0 unspecified atom stereocenters. The maximum absolute atomic E-state index is 9.40. The minimum atomic E-state index is 0.670. The Kier molecular flexibility index (Phi) is 5.75. The summed E-state index contributed by atoms with van der Waals surface area (Å²) in [6.07, 6.45) is 4.73. The highest BCUT2D eigenvalue weighted by Gasteiger charge is 1.75. The van der Waals surface area contributed by atoms with Crippen LogP contribution in [0.3, 0.4) is 0 Å². The first-order valence-electron chi connectivity index (χ1n) is 2.59. The minimum absolute atomic E-state index is 0.670. The molecule has 0 saturated carbocycles. The summed E-state index contributed by atoms with van der Waals surface area (Å²) in [5.74, 6) is 0. The molecule has 0 radical (unpaired) electrons. The van der Waals surface area contributed by atoms with Crippen LogP contribution in [0.1, 0.15) is 12.8 Å². The van der Waals surface area contributed by atoms with Crippen LogP contribution in [0.2, 0.25) is 0 Å². The van der Waals surface area contributed by atoms with Gasteiger partial charge in [-0.25, -0.2) is 0 Å². The quantitative estimate of drug-likeness (QED) is 0.438. The second-order valence-corrected chi connectivity index (χ2v) is 1.42. The van der Waals surface area contributed by atoms with E-state index < -0.39 is 0 Å². The molecule has 0 fully saturated rings. The lowest BCUT2D eigenvalue weighted by Gasteiger charge is -1.83. The number of unbranched alkanes of at least 4 members (excludes halogenated alkanes) is 1. The van der Waals surface area contributed by atoms with Crippen LogP contribution >= 0.6 is 0 Å². The Bertz CT molecular complexity index is 80.5. The minimum Gasteiger partial charge on any atom is -0.330 e. The largest absolute Gasteiger partial charge is 0.330 e. The van der Waals surface area contributed by atoms with Crippen molar-refractivity contribution < 1.29 is 0 Å². The second kappa shape index (κ2) is 6.30. The van der Waals surface area contributed by atoms with Crippen molar-refractivity contribution in [3.63, 3.8) is 0 Å². The number of allylic oxidation sites excluding steroid dienone is 1. The Morgan fingerprint density at radius 1 is 1.62 bits per heavy atom. The number of hydrogen-bond acceptors (Lipinski definition) is 3. The summed E-state index contributed by atoms with van der Waals surface area (Å²) in [5, 5.41) is 2.54. The van der Waals surface area contributed by atoms with Gasteiger partial charge in [-0.1, -0.05) is 6.08 Å². The Morgan fingerprint density at radius 3 is 2.88 bits per heavy atom. The average molecular weight is 114 g/mol. The van der Waals surface area contributed by atoms with Crippen molar-refractivity contribution in [2.75, 3.05) is 6.54 Å². The highest BCUT2D eigenvalue weighted by atomic mass is 16.2. The number of rotatable bonds is 4. The molecule has 0 aliphatic rings. The van der Waals surface area contributed by atoms with Crippen LogP contribution in [-0.4, -0.2) is 6.54 Å². The molecule has 0 spiro atoms. The van der Waals surface area contributed by atoms with E-state index in [1.165, 1.54) is 6.20 Å². The molecule has 0 aliphatic heterocycles. The number of nitroso groups, excluding NO2 is 1. The van der Waals surface area contributed by atoms with Gasteiger partial charge in [0.05, 0.1) is 6.20 Å². The molecule has 46 valence electrons. The van der Waals surface area contributed by atoms with Crippen LogP contribution < -0.4 is 5.73 Å². The summed E-state index contributed by atoms with van der Waals surface area (Å²) >= 11 is 0. The van der Waals surface area contributed by atoms with Crippen molar-refractivity contribution in [1.29, 1.82) is 0 Å². The van der Waals surface area contributed by atoms with E-state index in [0.29, 0.717) is 6.54 Å². The first-order valence-corrected chi connectivity index (χ1v) is 2.59. The Balaban J connectivity index is 2.91. The van der Waals surface area contributed by atoms with E-state index in [4.69, 9.17) is 5.73 Å². The monoisotopic (exact) mass is 114 g/mol. The lowest BCUT2D eigenvalue weighted by atomic mass is 10.3. The van der Waals surface area contributed by atoms with Gasteiger partial charge in [-0.15, -0.1) is 4.91 Å². The van der Waals surface area contributed by atoms with Crippen molar-refractivity contribution in [2.45, 2.75) is 12.8 Å². The van der Waals surface area contributed by atoms with E-state index in [-0.39, 0.29) is 0 Å². The molecule has 8 heavy (non-hydrogen) atoms. The maximum Gasteiger partial charge on any atom is 0.0675 e. The average Bonchev–Trinajstić information content (AvgIpc) is 1.81. The third-order valence-electron chi connectivity index (χ3n) is 0.741. The van der Waals surface area contributed by atoms with Gasteiger partial charge in [-0.2, -0.15) is 0 Å². The van der Waals surface area contributed by atoms with Crippen LogP contribution in [0.5, 0.6) is 0 Å². The molecule has 0 bridgehead atoms. The Labute approximate surface area is 48.5 Å². The number of nitrogens with two attached hydrogens (primary N) is 1. The zero-order valence-electron chi connectivity index (χ0n) is 4.71. The molecule has 0 aromatic rings. The Morgan fingerprint density at radius 2 is 2.38 bits per heavy atom. The van der Waals surface area contributed by atoms with Gasteiger partial charge < -0.3 is 5.73 Å². The topological polar surface area (TPSA) is 55.4 Å². The van der Waals surface area contributed by atoms with Gasteiger partial charge in [0.25, 0.3) is 0 Å². The first kappa shape index (κ1) is 7.30.